The molecule has 2 rings (SSSR count). The Labute approximate surface area is 158 Å². The minimum absolute atomic E-state index is 0.136. The van der Waals surface area contributed by atoms with Gasteiger partial charge < -0.3 is 14.5 Å². The average Bonchev–Trinajstić information content (AvgIpc) is 2.92. The van der Waals surface area contributed by atoms with Gasteiger partial charge in [-0.1, -0.05) is 20.8 Å². The minimum Gasteiger partial charge on any atom is -0.493 e. The van der Waals surface area contributed by atoms with E-state index in [9.17, 15) is 19.7 Å². The van der Waals surface area contributed by atoms with Gasteiger partial charge in [0.15, 0.2) is 17.3 Å². The molecule has 1 heterocycles. The number of thiazole rings is 1. The number of ether oxygens (including phenoxy) is 2. The third-order valence-corrected chi connectivity index (χ3v) is 4.66. The van der Waals surface area contributed by atoms with Crippen LogP contribution < -0.4 is 24.2 Å². The zero-order valence-electron chi connectivity index (χ0n) is 15.6. The molecule has 0 bridgehead atoms. The largest absolute Gasteiger partial charge is 0.493 e. The maximum absolute atomic E-state index is 12.2. The maximum atomic E-state index is 12.2. The molecule has 27 heavy (non-hydrogen) atoms. The van der Waals surface area contributed by atoms with E-state index < -0.39 is 15.9 Å². The molecule has 0 aliphatic rings. The van der Waals surface area contributed by atoms with Crippen molar-refractivity contribution in [3.63, 3.8) is 0 Å². The lowest BCUT2D eigenvalue weighted by molar-refractivity contribution is -0.385. The second-order valence-corrected chi connectivity index (χ2v) is 7.79. The highest BCUT2D eigenvalue weighted by molar-refractivity contribution is 7.07. The standard InChI is InChI=1S/C18H20N2O6S/c1-18(2,3)15(21)9-16-19-17(22)14(27-16)7-10-6-12(25-4)13(26-5)8-11(10)20(23)24/h6-9H,1-5H3,(H,19,22)/b14-7-,16-9-. The molecule has 0 unspecified atom stereocenters. The van der Waals surface area contributed by atoms with E-state index in [0.29, 0.717) is 10.4 Å². The summed E-state index contributed by atoms with van der Waals surface area (Å²) in [5.74, 6) is 0.381. The summed E-state index contributed by atoms with van der Waals surface area (Å²) in [6.07, 6.45) is 2.76. The zero-order valence-corrected chi connectivity index (χ0v) is 16.4. The number of aromatic amines is 1. The fourth-order valence-corrected chi connectivity index (χ4v) is 3.04. The molecule has 1 N–H and O–H groups in total. The van der Waals surface area contributed by atoms with Crippen LogP contribution in [-0.2, 0) is 4.79 Å². The summed E-state index contributed by atoms with van der Waals surface area (Å²) in [5, 5.41) is 11.4. The van der Waals surface area contributed by atoms with Crippen LogP contribution in [0.1, 0.15) is 26.3 Å². The molecular weight excluding hydrogens is 372 g/mol. The van der Waals surface area contributed by atoms with Crippen molar-refractivity contribution in [3.8, 4) is 11.5 Å². The van der Waals surface area contributed by atoms with Crippen LogP contribution in [0.25, 0.3) is 12.2 Å². The number of ketones is 1. The van der Waals surface area contributed by atoms with Crippen LogP contribution in [0.3, 0.4) is 0 Å². The smallest absolute Gasteiger partial charge is 0.280 e. The molecule has 2 aromatic rings. The minimum atomic E-state index is -0.576. The number of nitro benzene ring substituents is 1. The van der Waals surface area contributed by atoms with E-state index in [2.05, 4.69) is 4.98 Å². The number of nitrogens with zero attached hydrogens (tertiary/aromatic N) is 1. The molecule has 1 aromatic carbocycles. The van der Waals surface area contributed by atoms with Gasteiger partial charge in [0.2, 0.25) is 0 Å². The predicted molar refractivity (Wildman–Crippen MR) is 103 cm³/mol. The number of carbonyl (C=O) groups is 1. The Hall–Kier alpha value is -2.94. The molecule has 0 aliphatic heterocycles. The Morgan fingerprint density at radius 2 is 1.81 bits per heavy atom. The highest BCUT2D eigenvalue weighted by Gasteiger charge is 2.20. The number of carbonyl (C=O) groups excluding carboxylic acids is 1. The maximum Gasteiger partial charge on any atom is 0.280 e. The fraction of sp³-hybridized carbons (Fsp3) is 0.333. The lowest BCUT2D eigenvalue weighted by Crippen LogP contribution is -2.22. The Morgan fingerprint density at radius 1 is 1.22 bits per heavy atom. The Bertz CT molecular complexity index is 1060. The SMILES string of the molecule is COc1cc(/C=c2\s/c(=C\C(=O)C(C)(C)C)[nH]c2=O)c([N+](=O)[O-])cc1OC. The van der Waals surface area contributed by atoms with Gasteiger partial charge in [-0.2, -0.15) is 0 Å². The van der Waals surface area contributed by atoms with Crippen molar-refractivity contribution in [3.05, 3.63) is 47.4 Å². The van der Waals surface area contributed by atoms with Crippen molar-refractivity contribution >= 4 is 35.0 Å². The summed E-state index contributed by atoms with van der Waals surface area (Å²) >= 11 is 1.05. The highest BCUT2D eigenvalue weighted by atomic mass is 32.1. The molecular formula is C18H20N2O6S. The molecule has 8 nitrogen and oxygen atoms in total. The van der Waals surface area contributed by atoms with Crippen LogP contribution in [0.2, 0.25) is 0 Å². The van der Waals surface area contributed by atoms with Crippen molar-refractivity contribution < 1.29 is 19.2 Å². The Balaban J connectivity index is 2.66. The van der Waals surface area contributed by atoms with E-state index in [1.807, 2.05) is 0 Å². The second-order valence-electron chi connectivity index (χ2n) is 6.71. The van der Waals surface area contributed by atoms with Crippen LogP contribution in [0.15, 0.2) is 16.9 Å². The quantitative estimate of drug-likeness (QED) is 0.611. The molecule has 0 spiro atoms. The van der Waals surface area contributed by atoms with Crippen molar-refractivity contribution in [2.45, 2.75) is 20.8 Å². The molecule has 0 amide bonds. The summed E-state index contributed by atoms with van der Waals surface area (Å²) in [6, 6.07) is 2.67. The van der Waals surface area contributed by atoms with E-state index in [1.165, 1.54) is 38.5 Å². The summed E-state index contributed by atoms with van der Waals surface area (Å²) in [4.78, 5) is 37.7. The van der Waals surface area contributed by atoms with Crippen molar-refractivity contribution in [1.82, 2.24) is 4.98 Å². The van der Waals surface area contributed by atoms with E-state index in [0.717, 1.165) is 11.3 Å². The number of nitro groups is 1. The van der Waals surface area contributed by atoms with Gasteiger partial charge in [-0.15, -0.1) is 11.3 Å². The van der Waals surface area contributed by atoms with E-state index in [-0.39, 0.29) is 27.3 Å². The van der Waals surface area contributed by atoms with Crippen LogP contribution in [-0.4, -0.2) is 29.9 Å². The first kappa shape index (κ1) is 20.4. The molecule has 144 valence electrons. The summed E-state index contributed by atoms with van der Waals surface area (Å²) in [7, 11) is 2.79. The summed E-state index contributed by atoms with van der Waals surface area (Å²) in [5.41, 5.74) is -1.04. The molecule has 1 aromatic heterocycles. The van der Waals surface area contributed by atoms with Crippen molar-refractivity contribution in [2.24, 2.45) is 5.41 Å². The van der Waals surface area contributed by atoms with E-state index in [1.54, 1.807) is 20.8 Å². The van der Waals surface area contributed by atoms with Gasteiger partial charge in [-0.3, -0.25) is 19.7 Å². The van der Waals surface area contributed by atoms with Gasteiger partial charge in [0.25, 0.3) is 11.2 Å². The third-order valence-electron chi connectivity index (χ3n) is 3.70. The zero-order chi connectivity index (χ0) is 20.4. The molecule has 0 saturated carbocycles. The lowest BCUT2D eigenvalue weighted by Gasteiger charge is -2.12. The van der Waals surface area contributed by atoms with E-state index >= 15 is 0 Å². The first-order valence-corrected chi connectivity index (χ1v) is 8.76. The van der Waals surface area contributed by atoms with Gasteiger partial charge in [0.1, 0.15) is 0 Å². The molecule has 0 atom stereocenters. The normalized spacial score (nSPS) is 12.9. The Morgan fingerprint density at radius 3 is 2.33 bits per heavy atom. The fourth-order valence-electron chi connectivity index (χ4n) is 2.16. The number of rotatable bonds is 5. The third kappa shape index (κ3) is 4.62. The molecule has 9 heteroatoms. The molecule has 0 radical (unpaired) electrons. The average molecular weight is 392 g/mol. The van der Waals surface area contributed by atoms with Crippen LogP contribution >= 0.6 is 11.3 Å². The molecule has 0 aliphatic carbocycles. The molecule has 0 fully saturated rings. The number of hydrogen-bond acceptors (Lipinski definition) is 7. The predicted octanol–water partition coefficient (Wildman–Crippen LogP) is 1.59. The Kier molecular flexibility index (Phi) is 5.85. The number of hydrogen-bond donors (Lipinski definition) is 1. The highest BCUT2D eigenvalue weighted by Crippen LogP contribution is 2.34. The molecule has 0 saturated heterocycles. The van der Waals surface area contributed by atoms with Crippen LogP contribution in [0, 0.1) is 15.5 Å². The van der Waals surface area contributed by atoms with Gasteiger partial charge in [0, 0.05) is 11.5 Å². The number of methoxy groups -OCH3 is 2. The van der Waals surface area contributed by atoms with Crippen LogP contribution in [0.4, 0.5) is 5.69 Å². The van der Waals surface area contributed by atoms with Gasteiger partial charge >= 0.3 is 0 Å². The first-order chi connectivity index (χ1) is 12.6. The number of Topliss-reactive ketones (excluding diaryl/α,β-unsaturated/α-hetero) is 1. The first-order valence-electron chi connectivity index (χ1n) is 7.94. The van der Waals surface area contributed by atoms with Crippen LogP contribution in [0.5, 0.6) is 11.5 Å². The number of benzene rings is 1. The second kappa shape index (κ2) is 7.75. The van der Waals surface area contributed by atoms with Gasteiger partial charge in [-0.25, -0.2) is 0 Å². The van der Waals surface area contributed by atoms with E-state index in [4.69, 9.17) is 9.47 Å². The number of aromatic nitrogens is 1. The van der Waals surface area contributed by atoms with Crippen molar-refractivity contribution in [2.75, 3.05) is 14.2 Å². The monoisotopic (exact) mass is 392 g/mol. The lowest BCUT2D eigenvalue weighted by atomic mass is 9.91. The number of H-pyrrole nitrogens is 1. The summed E-state index contributed by atoms with van der Waals surface area (Å²) < 4.78 is 10.9. The van der Waals surface area contributed by atoms with Crippen molar-refractivity contribution in [1.29, 1.82) is 0 Å². The van der Waals surface area contributed by atoms with Gasteiger partial charge in [-0.05, 0) is 12.1 Å². The number of nitrogens with one attached hydrogen (secondary N) is 1. The summed E-state index contributed by atoms with van der Waals surface area (Å²) in [6.45, 7) is 5.33. The topological polar surface area (TPSA) is 112 Å². The van der Waals surface area contributed by atoms with Gasteiger partial charge in [0.05, 0.1) is 40.0 Å².